The number of rotatable bonds is 2. The van der Waals surface area contributed by atoms with Crippen molar-refractivity contribution in [2.45, 2.75) is 25.2 Å². The Labute approximate surface area is 113 Å². The van der Waals surface area contributed by atoms with Gasteiger partial charge in [-0.2, -0.15) is 13.2 Å². The maximum absolute atomic E-state index is 12.5. The van der Waals surface area contributed by atoms with Gasteiger partial charge >= 0.3 is 6.18 Å². The van der Waals surface area contributed by atoms with Crippen LogP contribution in [0.15, 0.2) is 30.3 Å². The smallest absolute Gasteiger partial charge is 0.339 e. The molecule has 2 amide bonds. The standard InChI is InChI=1S/C13H13F3N2O2/c1-8-11(19)17-10(9-5-3-2-4-6-9)12(20)18(8)7-13(14,15)16/h2-6,8,10H,7H2,1H3,(H,17,19). The third-order valence-corrected chi connectivity index (χ3v) is 3.15. The van der Waals surface area contributed by atoms with Crippen molar-refractivity contribution in [1.29, 1.82) is 0 Å². The molecule has 1 aromatic carbocycles. The number of nitrogens with one attached hydrogen (secondary N) is 1. The number of hydrogen-bond acceptors (Lipinski definition) is 2. The van der Waals surface area contributed by atoms with Crippen molar-refractivity contribution in [3.8, 4) is 0 Å². The molecule has 1 N–H and O–H groups in total. The summed E-state index contributed by atoms with van der Waals surface area (Å²) < 4.78 is 37.6. The van der Waals surface area contributed by atoms with Gasteiger partial charge in [-0.3, -0.25) is 9.59 Å². The second-order valence-electron chi connectivity index (χ2n) is 4.61. The van der Waals surface area contributed by atoms with Crippen LogP contribution in [0.2, 0.25) is 0 Å². The van der Waals surface area contributed by atoms with E-state index >= 15 is 0 Å². The summed E-state index contributed by atoms with van der Waals surface area (Å²) in [6.07, 6.45) is -4.54. The zero-order valence-electron chi connectivity index (χ0n) is 10.6. The summed E-state index contributed by atoms with van der Waals surface area (Å²) in [4.78, 5) is 24.5. The second kappa shape index (κ2) is 5.15. The second-order valence-corrected chi connectivity index (χ2v) is 4.61. The van der Waals surface area contributed by atoms with E-state index in [4.69, 9.17) is 0 Å². The van der Waals surface area contributed by atoms with Crippen molar-refractivity contribution in [2.24, 2.45) is 0 Å². The molecule has 1 aromatic rings. The van der Waals surface area contributed by atoms with Crippen LogP contribution in [0.1, 0.15) is 18.5 Å². The number of piperazine rings is 1. The monoisotopic (exact) mass is 286 g/mol. The Morgan fingerprint density at radius 3 is 2.35 bits per heavy atom. The van der Waals surface area contributed by atoms with Gasteiger partial charge in [0.15, 0.2) is 0 Å². The minimum Gasteiger partial charge on any atom is -0.339 e. The SMILES string of the molecule is CC1C(=O)NC(c2ccccc2)C(=O)N1CC(F)(F)F. The lowest BCUT2D eigenvalue weighted by Crippen LogP contribution is -2.60. The molecule has 1 aliphatic heterocycles. The number of amides is 2. The highest BCUT2D eigenvalue weighted by Gasteiger charge is 2.43. The van der Waals surface area contributed by atoms with Gasteiger partial charge in [-0.05, 0) is 12.5 Å². The first-order chi connectivity index (χ1) is 9.29. The van der Waals surface area contributed by atoms with E-state index in [1.165, 1.54) is 6.92 Å². The number of carbonyl (C=O) groups is 2. The summed E-state index contributed by atoms with van der Waals surface area (Å²) in [5, 5.41) is 2.45. The average molecular weight is 286 g/mol. The van der Waals surface area contributed by atoms with Gasteiger partial charge < -0.3 is 10.2 Å². The van der Waals surface area contributed by atoms with E-state index in [2.05, 4.69) is 5.32 Å². The molecule has 1 fully saturated rings. The van der Waals surface area contributed by atoms with E-state index in [0.717, 1.165) is 0 Å². The summed E-state index contributed by atoms with van der Waals surface area (Å²) >= 11 is 0. The molecule has 2 unspecified atom stereocenters. The number of halogens is 3. The van der Waals surface area contributed by atoms with Gasteiger partial charge in [-0.15, -0.1) is 0 Å². The first-order valence-electron chi connectivity index (χ1n) is 6.02. The lowest BCUT2D eigenvalue weighted by atomic mass is 10.0. The Kier molecular flexibility index (Phi) is 3.69. The Morgan fingerprint density at radius 2 is 1.80 bits per heavy atom. The van der Waals surface area contributed by atoms with E-state index in [9.17, 15) is 22.8 Å². The van der Waals surface area contributed by atoms with Crippen molar-refractivity contribution in [2.75, 3.05) is 6.54 Å². The fourth-order valence-electron chi connectivity index (χ4n) is 2.10. The topological polar surface area (TPSA) is 49.4 Å². The van der Waals surface area contributed by atoms with E-state index in [-0.39, 0.29) is 0 Å². The van der Waals surface area contributed by atoms with Crippen LogP contribution >= 0.6 is 0 Å². The van der Waals surface area contributed by atoms with Crippen LogP contribution < -0.4 is 5.32 Å². The highest BCUT2D eigenvalue weighted by molar-refractivity contribution is 5.97. The molecule has 7 heteroatoms. The molecule has 0 radical (unpaired) electrons. The van der Waals surface area contributed by atoms with Crippen molar-refractivity contribution < 1.29 is 22.8 Å². The Bertz CT molecular complexity index is 516. The van der Waals surface area contributed by atoms with Crippen LogP contribution in [0.5, 0.6) is 0 Å². The first-order valence-corrected chi connectivity index (χ1v) is 6.02. The number of alkyl halides is 3. The van der Waals surface area contributed by atoms with Crippen molar-refractivity contribution in [3.05, 3.63) is 35.9 Å². The third kappa shape index (κ3) is 2.92. The third-order valence-electron chi connectivity index (χ3n) is 3.15. The summed E-state index contributed by atoms with van der Waals surface area (Å²) in [5.74, 6) is -1.34. The molecule has 0 spiro atoms. The zero-order chi connectivity index (χ0) is 14.9. The molecule has 0 aromatic heterocycles. The average Bonchev–Trinajstić information content (AvgIpc) is 2.39. The van der Waals surface area contributed by atoms with E-state index in [0.29, 0.717) is 10.5 Å². The highest BCUT2D eigenvalue weighted by atomic mass is 19.4. The van der Waals surface area contributed by atoms with Crippen LogP contribution in [0, 0.1) is 0 Å². The fraction of sp³-hybridized carbons (Fsp3) is 0.385. The van der Waals surface area contributed by atoms with E-state index < -0.39 is 36.6 Å². The summed E-state index contributed by atoms with van der Waals surface area (Å²) in [5.41, 5.74) is 0.463. The van der Waals surface area contributed by atoms with E-state index in [1.54, 1.807) is 30.3 Å². The largest absolute Gasteiger partial charge is 0.406 e. The highest BCUT2D eigenvalue weighted by Crippen LogP contribution is 2.26. The van der Waals surface area contributed by atoms with Crippen molar-refractivity contribution in [1.82, 2.24) is 10.2 Å². The Balaban J connectivity index is 2.29. The minimum absolute atomic E-state index is 0.463. The predicted octanol–water partition coefficient (Wildman–Crippen LogP) is 1.64. The van der Waals surface area contributed by atoms with Gasteiger partial charge in [-0.25, -0.2) is 0 Å². The number of benzene rings is 1. The number of carbonyl (C=O) groups excluding carboxylic acids is 2. The summed E-state index contributed by atoms with van der Waals surface area (Å²) in [6.45, 7) is -0.149. The Morgan fingerprint density at radius 1 is 1.20 bits per heavy atom. The molecule has 20 heavy (non-hydrogen) atoms. The van der Waals surface area contributed by atoms with Gasteiger partial charge in [0, 0.05) is 0 Å². The number of nitrogens with zero attached hydrogens (tertiary/aromatic N) is 1. The van der Waals surface area contributed by atoms with Crippen LogP contribution in [0.3, 0.4) is 0 Å². The molecule has 2 rings (SSSR count). The molecule has 0 saturated carbocycles. The van der Waals surface area contributed by atoms with Crippen LogP contribution in [-0.4, -0.2) is 35.5 Å². The lowest BCUT2D eigenvalue weighted by Gasteiger charge is -2.37. The summed E-state index contributed by atoms with van der Waals surface area (Å²) in [6, 6.07) is 6.00. The number of hydrogen-bond donors (Lipinski definition) is 1. The van der Waals surface area contributed by atoms with Gasteiger partial charge in [0.2, 0.25) is 5.91 Å². The fourth-order valence-corrected chi connectivity index (χ4v) is 2.10. The molecule has 4 nitrogen and oxygen atoms in total. The molecule has 0 bridgehead atoms. The maximum atomic E-state index is 12.5. The van der Waals surface area contributed by atoms with Crippen LogP contribution in [0.25, 0.3) is 0 Å². The van der Waals surface area contributed by atoms with Gasteiger partial charge in [0.25, 0.3) is 5.91 Å². The molecule has 108 valence electrons. The van der Waals surface area contributed by atoms with Crippen LogP contribution in [-0.2, 0) is 9.59 Å². The molecule has 1 aliphatic rings. The quantitative estimate of drug-likeness (QED) is 0.898. The maximum Gasteiger partial charge on any atom is 0.406 e. The molecule has 2 atom stereocenters. The van der Waals surface area contributed by atoms with Crippen molar-refractivity contribution in [3.63, 3.8) is 0 Å². The zero-order valence-corrected chi connectivity index (χ0v) is 10.6. The summed E-state index contributed by atoms with van der Waals surface area (Å²) in [7, 11) is 0. The van der Waals surface area contributed by atoms with E-state index in [1.807, 2.05) is 0 Å². The molecule has 0 aliphatic carbocycles. The minimum atomic E-state index is -4.54. The molecule has 1 heterocycles. The molecular weight excluding hydrogens is 273 g/mol. The Hall–Kier alpha value is -2.05. The normalized spacial score (nSPS) is 23.7. The molecule has 1 saturated heterocycles. The first kappa shape index (κ1) is 14.4. The lowest BCUT2D eigenvalue weighted by molar-refractivity contribution is -0.173. The molecular formula is C13H13F3N2O2. The van der Waals surface area contributed by atoms with Gasteiger partial charge in [-0.1, -0.05) is 30.3 Å². The van der Waals surface area contributed by atoms with Gasteiger partial charge in [0.05, 0.1) is 0 Å². The van der Waals surface area contributed by atoms with Gasteiger partial charge in [0.1, 0.15) is 18.6 Å². The predicted molar refractivity (Wildman–Crippen MR) is 64.6 cm³/mol. The van der Waals surface area contributed by atoms with Crippen LogP contribution in [0.4, 0.5) is 13.2 Å². The van der Waals surface area contributed by atoms with Crippen molar-refractivity contribution >= 4 is 11.8 Å².